The van der Waals surface area contributed by atoms with Crippen LogP contribution in [0.3, 0.4) is 0 Å². The lowest BCUT2D eigenvalue weighted by molar-refractivity contribution is -0.168. The molecule has 0 spiro atoms. The Morgan fingerprint density at radius 2 is 1.86 bits per heavy atom. The Bertz CT molecular complexity index is 412. The van der Waals surface area contributed by atoms with Crippen molar-refractivity contribution in [1.82, 2.24) is 0 Å². The highest BCUT2D eigenvalue weighted by Crippen LogP contribution is 2.11. The monoisotopic (exact) mass is 290 g/mol. The van der Waals surface area contributed by atoms with Gasteiger partial charge < -0.3 is 9.47 Å². The zero-order valence-electron chi connectivity index (χ0n) is 13.1. The van der Waals surface area contributed by atoms with Gasteiger partial charge in [0, 0.05) is 19.6 Å². The normalized spacial score (nSPS) is 12.5. The van der Waals surface area contributed by atoms with Crippen LogP contribution in [-0.2, 0) is 14.3 Å². The number of benzene rings is 1. The predicted molar refractivity (Wildman–Crippen MR) is 85.7 cm³/mol. The van der Waals surface area contributed by atoms with Gasteiger partial charge in [-0.3, -0.25) is 0 Å². The number of esters is 1. The van der Waals surface area contributed by atoms with E-state index < -0.39 is 6.29 Å². The number of hydrogen-bond donors (Lipinski definition) is 0. The maximum Gasteiger partial charge on any atom is 0.333 e. The van der Waals surface area contributed by atoms with Crippen molar-refractivity contribution in [3.05, 3.63) is 42.0 Å². The molecule has 1 rings (SSSR count). The van der Waals surface area contributed by atoms with Crippen molar-refractivity contribution in [1.29, 1.82) is 0 Å². The second kappa shape index (κ2) is 11.1. The van der Waals surface area contributed by atoms with Gasteiger partial charge in [-0.1, -0.05) is 62.9 Å². The van der Waals surface area contributed by atoms with Crippen LogP contribution in [0.2, 0.25) is 0 Å². The molecule has 0 aliphatic rings. The smallest absolute Gasteiger partial charge is 0.333 e. The summed E-state index contributed by atoms with van der Waals surface area (Å²) in [7, 11) is 1.57. The van der Waals surface area contributed by atoms with Crippen molar-refractivity contribution >= 4 is 12.0 Å². The average molecular weight is 290 g/mol. The van der Waals surface area contributed by atoms with Crippen molar-refractivity contribution in [3.8, 4) is 0 Å². The molecule has 1 aromatic carbocycles. The van der Waals surface area contributed by atoms with Crippen LogP contribution in [0.4, 0.5) is 0 Å². The minimum atomic E-state index is -0.445. The first-order valence-corrected chi connectivity index (χ1v) is 7.72. The highest BCUT2D eigenvalue weighted by molar-refractivity contribution is 5.87. The molecule has 0 saturated heterocycles. The number of carbonyl (C=O) groups excluding carboxylic acids is 1. The first kappa shape index (κ1) is 17.4. The molecule has 0 N–H and O–H groups in total. The van der Waals surface area contributed by atoms with E-state index in [-0.39, 0.29) is 5.97 Å². The summed E-state index contributed by atoms with van der Waals surface area (Å²) in [5.74, 6) is -0.362. The molecule has 1 unspecified atom stereocenters. The third-order valence-electron chi connectivity index (χ3n) is 3.27. The van der Waals surface area contributed by atoms with Gasteiger partial charge in [0.2, 0.25) is 6.29 Å². The summed E-state index contributed by atoms with van der Waals surface area (Å²) in [5.41, 5.74) is 0.975. The van der Waals surface area contributed by atoms with Gasteiger partial charge in [-0.2, -0.15) is 0 Å². The maximum absolute atomic E-state index is 11.7. The Balaban J connectivity index is 2.28. The fourth-order valence-electron chi connectivity index (χ4n) is 2.04. The lowest BCUT2D eigenvalue weighted by Gasteiger charge is -2.14. The van der Waals surface area contributed by atoms with Crippen molar-refractivity contribution in [2.24, 2.45) is 0 Å². The number of rotatable bonds is 10. The molecule has 1 aromatic rings. The Kier molecular flexibility index (Phi) is 9.21. The van der Waals surface area contributed by atoms with E-state index in [9.17, 15) is 4.79 Å². The fraction of sp³-hybridized carbons (Fsp3) is 0.500. The Morgan fingerprint density at radius 1 is 1.14 bits per heavy atom. The van der Waals surface area contributed by atoms with Gasteiger partial charge >= 0.3 is 5.97 Å². The summed E-state index contributed by atoms with van der Waals surface area (Å²) in [4.78, 5) is 11.7. The molecule has 0 aliphatic heterocycles. The minimum Gasteiger partial charge on any atom is -0.433 e. The molecule has 0 aromatic heterocycles. The van der Waals surface area contributed by atoms with Crippen LogP contribution < -0.4 is 0 Å². The van der Waals surface area contributed by atoms with Gasteiger partial charge in [0.25, 0.3) is 0 Å². The Morgan fingerprint density at radius 3 is 2.52 bits per heavy atom. The summed E-state index contributed by atoms with van der Waals surface area (Å²) in [6.07, 6.45) is 9.40. The van der Waals surface area contributed by atoms with Crippen LogP contribution in [0, 0.1) is 0 Å². The van der Waals surface area contributed by atoms with Crippen LogP contribution in [0.5, 0.6) is 0 Å². The maximum atomic E-state index is 11.7. The van der Waals surface area contributed by atoms with Gasteiger partial charge in [-0.15, -0.1) is 0 Å². The molecule has 3 heteroatoms. The first-order valence-electron chi connectivity index (χ1n) is 7.72. The molecule has 3 nitrogen and oxygen atoms in total. The topological polar surface area (TPSA) is 35.5 Å². The van der Waals surface area contributed by atoms with E-state index in [4.69, 9.17) is 9.47 Å². The van der Waals surface area contributed by atoms with Crippen LogP contribution >= 0.6 is 0 Å². The average Bonchev–Trinajstić information content (AvgIpc) is 2.52. The number of methoxy groups -OCH3 is 1. The van der Waals surface area contributed by atoms with Crippen molar-refractivity contribution in [3.63, 3.8) is 0 Å². The molecule has 0 fully saturated rings. The zero-order chi connectivity index (χ0) is 15.3. The van der Waals surface area contributed by atoms with Gasteiger partial charge in [-0.25, -0.2) is 4.79 Å². The fourth-order valence-corrected chi connectivity index (χ4v) is 2.04. The quantitative estimate of drug-likeness (QED) is 0.274. The number of unbranched alkanes of at least 4 members (excludes halogenated alkanes) is 4. The van der Waals surface area contributed by atoms with E-state index in [1.807, 2.05) is 30.3 Å². The molecular formula is C18H26O3. The highest BCUT2D eigenvalue weighted by Gasteiger charge is 2.10. The second-order valence-corrected chi connectivity index (χ2v) is 5.05. The van der Waals surface area contributed by atoms with E-state index in [0.717, 1.165) is 24.8 Å². The predicted octanol–water partition coefficient (Wildman–Crippen LogP) is 4.58. The van der Waals surface area contributed by atoms with E-state index in [0.29, 0.717) is 0 Å². The Hall–Kier alpha value is -1.61. The number of carbonyl (C=O) groups is 1. The molecule has 116 valence electrons. The van der Waals surface area contributed by atoms with E-state index in [2.05, 4.69) is 6.92 Å². The van der Waals surface area contributed by atoms with Crippen LogP contribution in [0.1, 0.15) is 51.0 Å². The van der Waals surface area contributed by atoms with E-state index in [1.54, 1.807) is 13.2 Å². The summed E-state index contributed by atoms with van der Waals surface area (Å²) in [6.45, 7) is 2.19. The third kappa shape index (κ3) is 8.30. The molecule has 0 heterocycles. The molecule has 21 heavy (non-hydrogen) atoms. The molecule has 0 aliphatic carbocycles. The van der Waals surface area contributed by atoms with Crippen molar-refractivity contribution in [2.45, 2.75) is 51.7 Å². The van der Waals surface area contributed by atoms with Crippen molar-refractivity contribution in [2.75, 3.05) is 7.11 Å². The molecular weight excluding hydrogens is 264 g/mol. The van der Waals surface area contributed by atoms with Gasteiger partial charge in [0.15, 0.2) is 0 Å². The van der Waals surface area contributed by atoms with Gasteiger partial charge in [0.1, 0.15) is 0 Å². The lowest BCUT2D eigenvalue weighted by Crippen LogP contribution is -2.18. The molecule has 0 amide bonds. The highest BCUT2D eigenvalue weighted by atomic mass is 16.7. The second-order valence-electron chi connectivity index (χ2n) is 5.05. The summed E-state index contributed by atoms with van der Waals surface area (Å²) in [5, 5.41) is 0. The molecule has 1 atom stereocenters. The minimum absolute atomic E-state index is 0.362. The summed E-state index contributed by atoms with van der Waals surface area (Å²) < 4.78 is 10.5. The number of ether oxygens (including phenoxy) is 2. The van der Waals surface area contributed by atoms with Gasteiger partial charge in [-0.05, 0) is 18.1 Å². The van der Waals surface area contributed by atoms with Gasteiger partial charge in [0.05, 0.1) is 0 Å². The zero-order valence-corrected chi connectivity index (χ0v) is 13.1. The third-order valence-corrected chi connectivity index (χ3v) is 3.27. The van der Waals surface area contributed by atoms with E-state index in [1.165, 1.54) is 25.3 Å². The van der Waals surface area contributed by atoms with Crippen molar-refractivity contribution < 1.29 is 14.3 Å². The number of hydrogen-bond acceptors (Lipinski definition) is 3. The summed E-state index contributed by atoms with van der Waals surface area (Å²) in [6, 6.07) is 9.67. The summed E-state index contributed by atoms with van der Waals surface area (Å²) >= 11 is 0. The Labute approximate surface area is 128 Å². The standard InChI is InChI=1S/C18H26O3/c1-3-4-5-6-10-13-18(20-2)21-17(19)15-14-16-11-8-7-9-12-16/h7-9,11-12,14-15,18H,3-6,10,13H2,1-2H3. The van der Waals surface area contributed by atoms with Crippen LogP contribution in [0.15, 0.2) is 36.4 Å². The molecule has 0 bridgehead atoms. The van der Waals surface area contributed by atoms with Crippen LogP contribution in [-0.4, -0.2) is 19.4 Å². The SMILES string of the molecule is CCCCCCCC(OC)OC(=O)C=Cc1ccccc1. The molecule has 0 saturated carbocycles. The van der Waals surface area contributed by atoms with E-state index >= 15 is 0 Å². The largest absolute Gasteiger partial charge is 0.433 e. The lowest BCUT2D eigenvalue weighted by atomic mass is 10.1. The first-order chi connectivity index (χ1) is 10.3. The molecule has 0 radical (unpaired) electrons. The van der Waals surface area contributed by atoms with Crippen LogP contribution in [0.25, 0.3) is 6.08 Å².